The van der Waals surface area contributed by atoms with Crippen LogP contribution in [0.5, 0.6) is 0 Å². The molecule has 59 heavy (non-hydrogen) atoms. The zero-order valence-corrected chi connectivity index (χ0v) is 32.6. The van der Waals surface area contributed by atoms with Crippen LogP contribution in [0.25, 0.3) is 66.5 Å². The van der Waals surface area contributed by atoms with Crippen LogP contribution in [0.3, 0.4) is 0 Å². The highest BCUT2D eigenvalue weighted by atomic mass is 14.9. The van der Waals surface area contributed by atoms with Gasteiger partial charge in [-0.2, -0.15) is 0 Å². The molecule has 0 bridgehead atoms. The molecule has 10 rings (SSSR count). The second-order valence-corrected chi connectivity index (χ2v) is 15.2. The molecule has 0 spiro atoms. The molecule has 0 amide bonds. The maximum absolute atomic E-state index is 6.44. The number of aromatic nitrogens is 3. The van der Waals surface area contributed by atoms with Crippen LogP contribution in [0.15, 0.2) is 206 Å². The van der Waals surface area contributed by atoms with Gasteiger partial charge in [-0.1, -0.05) is 176 Å². The monoisotopic (exact) mass is 758 g/mol. The third-order valence-electron chi connectivity index (χ3n) is 11.6. The standard InChI is InChI=1S/C55H42N4/c56-36-49(39-22-9-3-10-23-39)54-47-29-14-13-28-46(47)51(53(58-54)40-24-11-4-12-25-40)41-26-17-27-42(32-41)52-48-30-15-16-31-50(48)57-55(59-52)45-34-43(37-18-5-1-6-19-37)33-44(35-45)38-20-7-2-8-21-38/h1-24,26-31,33-36,40-41H,25,32,56H2. The van der Waals surface area contributed by atoms with Crippen molar-refractivity contribution in [1.29, 1.82) is 0 Å². The van der Waals surface area contributed by atoms with Gasteiger partial charge in [0.15, 0.2) is 5.82 Å². The Hall–Kier alpha value is -7.43. The van der Waals surface area contributed by atoms with E-state index in [1.807, 2.05) is 6.07 Å². The number of pyridine rings is 1. The average molecular weight is 759 g/mol. The summed E-state index contributed by atoms with van der Waals surface area (Å²) in [5, 5.41) is 3.33. The second-order valence-electron chi connectivity index (χ2n) is 15.2. The molecule has 2 aliphatic carbocycles. The predicted octanol–water partition coefficient (Wildman–Crippen LogP) is 13.3. The lowest BCUT2D eigenvalue weighted by Gasteiger charge is -2.27. The summed E-state index contributed by atoms with van der Waals surface area (Å²) in [6, 6.07) is 55.3. The quantitative estimate of drug-likeness (QED) is 0.168. The number of hydrogen-bond acceptors (Lipinski definition) is 4. The number of rotatable bonds is 8. The molecule has 2 atom stereocenters. The Bertz CT molecular complexity index is 2940. The van der Waals surface area contributed by atoms with Crippen LogP contribution >= 0.6 is 0 Å². The van der Waals surface area contributed by atoms with Gasteiger partial charge in [-0.05, 0) is 81.4 Å². The number of nitrogens with zero attached hydrogens (tertiary/aromatic N) is 3. The maximum atomic E-state index is 6.44. The fourth-order valence-electron chi connectivity index (χ4n) is 8.75. The average Bonchev–Trinajstić information content (AvgIpc) is 3.32. The van der Waals surface area contributed by atoms with Crippen LogP contribution in [-0.2, 0) is 0 Å². The maximum Gasteiger partial charge on any atom is 0.160 e. The largest absolute Gasteiger partial charge is 0.404 e. The van der Waals surface area contributed by atoms with E-state index < -0.39 is 0 Å². The summed E-state index contributed by atoms with van der Waals surface area (Å²) in [7, 11) is 0. The molecule has 0 aliphatic heterocycles. The van der Waals surface area contributed by atoms with Gasteiger partial charge in [0.1, 0.15) is 0 Å². The lowest BCUT2D eigenvalue weighted by Crippen LogP contribution is -2.13. The highest BCUT2D eigenvalue weighted by Gasteiger charge is 2.28. The van der Waals surface area contributed by atoms with E-state index in [1.165, 1.54) is 16.5 Å². The van der Waals surface area contributed by atoms with Crippen molar-refractivity contribution >= 4 is 32.8 Å². The Balaban J connectivity index is 1.11. The first-order valence-electron chi connectivity index (χ1n) is 20.4. The Morgan fingerprint density at radius 1 is 0.542 bits per heavy atom. The number of para-hydroxylation sites is 1. The van der Waals surface area contributed by atoms with Gasteiger partial charge in [-0.3, -0.25) is 4.98 Å². The summed E-state index contributed by atoms with van der Waals surface area (Å²) in [6.07, 6.45) is 19.0. The molecule has 6 aromatic carbocycles. The van der Waals surface area contributed by atoms with Crippen LogP contribution in [-0.4, -0.2) is 15.0 Å². The van der Waals surface area contributed by atoms with Gasteiger partial charge in [-0.25, -0.2) is 9.97 Å². The molecule has 2 aliphatic rings. The molecule has 2 aromatic heterocycles. The zero-order chi connectivity index (χ0) is 39.5. The topological polar surface area (TPSA) is 64.7 Å². The number of benzene rings is 6. The third kappa shape index (κ3) is 7.00. The van der Waals surface area contributed by atoms with Gasteiger partial charge in [-0.15, -0.1) is 0 Å². The van der Waals surface area contributed by atoms with Crippen LogP contribution < -0.4 is 5.73 Å². The number of fused-ring (bicyclic) bond motifs is 2. The first kappa shape index (κ1) is 35.9. The molecule has 0 saturated carbocycles. The van der Waals surface area contributed by atoms with Gasteiger partial charge in [0.25, 0.3) is 0 Å². The minimum atomic E-state index is 0.0565. The minimum absolute atomic E-state index is 0.0565. The molecule has 2 N–H and O–H groups in total. The summed E-state index contributed by atoms with van der Waals surface area (Å²) in [5.74, 6) is 0.887. The molecule has 2 unspecified atom stereocenters. The lowest BCUT2D eigenvalue weighted by atomic mass is 9.79. The number of hydrogen-bond donors (Lipinski definition) is 1. The normalized spacial score (nSPS) is 16.4. The zero-order valence-electron chi connectivity index (χ0n) is 32.6. The van der Waals surface area contributed by atoms with E-state index in [-0.39, 0.29) is 11.8 Å². The van der Waals surface area contributed by atoms with Crippen LogP contribution in [0.2, 0.25) is 0 Å². The highest BCUT2D eigenvalue weighted by Crippen LogP contribution is 2.44. The van der Waals surface area contributed by atoms with E-state index in [4.69, 9.17) is 20.7 Å². The number of nitrogens with two attached hydrogens (primary N) is 1. The van der Waals surface area contributed by atoms with Gasteiger partial charge < -0.3 is 5.73 Å². The molecule has 2 heterocycles. The second kappa shape index (κ2) is 15.8. The van der Waals surface area contributed by atoms with Crippen molar-refractivity contribution in [3.63, 3.8) is 0 Å². The van der Waals surface area contributed by atoms with Crippen molar-refractivity contribution in [2.24, 2.45) is 5.73 Å². The fourth-order valence-corrected chi connectivity index (χ4v) is 8.75. The molecule has 0 saturated heterocycles. The van der Waals surface area contributed by atoms with Crippen molar-refractivity contribution < 1.29 is 0 Å². The van der Waals surface area contributed by atoms with Gasteiger partial charge in [0.2, 0.25) is 0 Å². The molecular weight excluding hydrogens is 717 g/mol. The Morgan fingerprint density at radius 3 is 1.83 bits per heavy atom. The lowest BCUT2D eigenvalue weighted by molar-refractivity contribution is 0.765. The predicted molar refractivity (Wildman–Crippen MR) is 245 cm³/mol. The summed E-state index contributed by atoms with van der Waals surface area (Å²) in [5.41, 5.74) is 20.2. The molecule has 0 fully saturated rings. The van der Waals surface area contributed by atoms with Crippen molar-refractivity contribution in [2.75, 3.05) is 0 Å². The third-order valence-corrected chi connectivity index (χ3v) is 11.6. The van der Waals surface area contributed by atoms with Crippen molar-refractivity contribution in [1.82, 2.24) is 15.0 Å². The van der Waals surface area contributed by atoms with Crippen molar-refractivity contribution in [3.05, 3.63) is 235 Å². The van der Waals surface area contributed by atoms with E-state index >= 15 is 0 Å². The van der Waals surface area contributed by atoms with Crippen LogP contribution in [0.1, 0.15) is 52.9 Å². The van der Waals surface area contributed by atoms with E-state index in [2.05, 4.69) is 194 Å². The van der Waals surface area contributed by atoms with E-state index in [0.29, 0.717) is 5.82 Å². The fraction of sp³-hybridized carbons (Fsp3) is 0.0727. The molecule has 282 valence electrons. The summed E-state index contributed by atoms with van der Waals surface area (Å²) in [6.45, 7) is 0. The molecule has 8 aromatic rings. The smallest absolute Gasteiger partial charge is 0.160 e. The van der Waals surface area contributed by atoms with Crippen LogP contribution in [0.4, 0.5) is 0 Å². The minimum Gasteiger partial charge on any atom is -0.404 e. The molecule has 4 heteroatoms. The van der Waals surface area contributed by atoms with E-state index in [0.717, 1.165) is 85.2 Å². The Morgan fingerprint density at radius 2 is 1.15 bits per heavy atom. The number of allylic oxidation sites excluding steroid dienone is 8. The molecule has 0 radical (unpaired) electrons. The van der Waals surface area contributed by atoms with E-state index in [9.17, 15) is 0 Å². The van der Waals surface area contributed by atoms with Crippen LogP contribution in [0, 0.1) is 0 Å². The van der Waals surface area contributed by atoms with Gasteiger partial charge in [0.05, 0.1) is 22.6 Å². The highest BCUT2D eigenvalue weighted by molar-refractivity contribution is 5.99. The molecule has 4 nitrogen and oxygen atoms in total. The van der Waals surface area contributed by atoms with Crippen molar-refractivity contribution in [3.8, 4) is 33.6 Å². The molecular formula is C55H42N4. The summed E-state index contributed by atoms with van der Waals surface area (Å²) >= 11 is 0. The first-order valence-corrected chi connectivity index (χ1v) is 20.4. The summed E-state index contributed by atoms with van der Waals surface area (Å²) < 4.78 is 0. The summed E-state index contributed by atoms with van der Waals surface area (Å²) in [4.78, 5) is 16.3. The van der Waals surface area contributed by atoms with Gasteiger partial charge >= 0.3 is 0 Å². The Labute approximate surface area is 345 Å². The van der Waals surface area contributed by atoms with Gasteiger partial charge in [0, 0.05) is 39.9 Å². The SMILES string of the molecule is NC=C(c1ccccc1)c1nc(C2C=CC=CC2)c(C2C=CC=C(c3nc(-c4cc(-c5ccccc5)cc(-c5ccccc5)c4)nc4ccccc34)C2)c2ccccc12. The Kier molecular flexibility index (Phi) is 9.65. The first-order chi connectivity index (χ1) is 29.2. The van der Waals surface area contributed by atoms with E-state index in [1.54, 1.807) is 6.20 Å². The van der Waals surface area contributed by atoms with Crippen molar-refractivity contribution in [2.45, 2.75) is 24.7 Å².